The Labute approximate surface area is 297 Å². The average molecular weight is 725 g/mol. The minimum atomic E-state index is -4.75. The molecule has 1 saturated heterocycles. The summed E-state index contributed by atoms with van der Waals surface area (Å²) in [5, 5.41) is 20.0. The van der Waals surface area contributed by atoms with Gasteiger partial charge in [0.25, 0.3) is 5.91 Å². The zero-order valence-electron chi connectivity index (χ0n) is 28.9. The van der Waals surface area contributed by atoms with Crippen LogP contribution in [0, 0.1) is 17.2 Å². The number of benzene rings is 2. The Balaban J connectivity index is 1.45. The van der Waals surface area contributed by atoms with E-state index in [0.29, 0.717) is 23.5 Å². The third-order valence-electron chi connectivity index (χ3n) is 9.70. The summed E-state index contributed by atoms with van der Waals surface area (Å²) in [4.78, 5) is 22.0. The molecule has 1 amide bonds. The van der Waals surface area contributed by atoms with Crippen LogP contribution in [0.2, 0.25) is 0 Å². The number of halogens is 6. The minimum Gasteiger partial charge on any atom is -0.370 e. The SMILES string of the molecule is CC(C)[C@H]1CCCCN1Cc1cc2c(c(C(F)(F)F)c1)CN(c1cc(-c3cc(C(F)(F)F)ccc3-c3nncn3C)cc(NCCCC#N)n1)C2=O. The van der Waals surface area contributed by atoms with E-state index in [4.69, 9.17) is 5.26 Å². The van der Waals surface area contributed by atoms with E-state index < -0.39 is 35.9 Å². The van der Waals surface area contributed by atoms with Gasteiger partial charge in [-0.05, 0) is 96.4 Å². The molecule has 1 atom stereocenters. The summed E-state index contributed by atoms with van der Waals surface area (Å²) in [5.41, 5.74) is -1.11. The largest absolute Gasteiger partial charge is 0.416 e. The van der Waals surface area contributed by atoms with E-state index >= 15 is 0 Å². The van der Waals surface area contributed by atoms with E-state index in [0.717, 1.165) is 48.9 Å². The van der Waals surface area contributed by atoms with Gasteiger partial charge < -0.3 is 9.88 Å². The number of nitrogens with one attached hydrogen (secondary N) is 1. The lowest BCUT2D eigenvalue weighted by molar-refractivity contribution is -0.138. The lowest BCUT2D eigenvalue weighted by Crippen LogP contribution is -2.42. The van der Waals surface area contributed by atoms with Crippen molar-refractivity contribution in [3.05, 3.63) is 76.6 Å². The molecule has 274 valence electrons. The van der Waals surface area contributed by atoms with Crippen LogP contribution in [0.1, 0.15) is 78.6 Å². The number of nitriles is 1. The van der Waals surface area contributed by atoms with Gasteiger partial charge in [0, 0.05) is 43.7 Å². The number of piperidine rings is 1. The van der Waals surface area contributed by atoms with Crippen molar-refractivity contribution in [1.29, 1.82) is 5.26 Å². The number of fused-ring (bicyclic) bond motifs is 1. The molecular formula is C37H38F6N8O. The first kappa shape index (κ1) is 36.8. The summed E-state index contributed by atoms with van der Waals surface area (Å²) in [6, 6.07) is 11.0. The monoisotopic (exact) mass is 724 g/mol. The summed E-state index contributed by atoms with van der Waals surface area (Å²) < 4.78 is 87.6. The van der Waals surface area contributed by atoms with Gasteiger partial charge in [0.2, 0.25) is 0 Å². The van der Waals surface area contributed by atoms with Gasteiger partial charge in [-0.2, -0.15) is 31.6 Å². The predicted octanol–water partition coefficient (Wildman–Crippen LogP) is 8.47. The normalized spacial score (nSPS) is 16.8. The fourth-order valence-corrected chi connectivity index (χ4v) is 7.17. The van der Waals surface area contributed by atoms with E-state index in [-0.39, 0.29) is 65.3 Å². The number of amides is 1. The number of likely N-dealkylation sites (tertiary alicyclic amines) is 1. The van der Waals surface area contributed by atoms with E-state index in [9.17, 15) is 31.1 Å². The molecule has 0 unspecified atom stereocenters. The predicted molar refractivity (Wildman–Crippen MR) is 183 cm³/mol. The second kappa shape index (κ2) is 14.6. The summed E-state index contributed by atoms with van der Waals surface area (Å²) in [6.45, 7) is 5.02. The number of rotatable bonds is 10. The Morgan fingerprint density at radius 2 is 1.79 bits per heavy atom. The number of nitrogens with zero attached hydrogens (tertiary/aromatic N) is 7. The zero-order valence-corrected chi connectivity index (χ0v) is 28.9. The molecule has 2 aromatic carbocycles. The number of anilines is 2. The molecule has 15 heteroatoms. The zero-order chi connectivity index (χ0) is 37.4. The van der Waals surface area contributed by atoms with Gasteiger partial charge in [0.1, 0.15) is 18.0 Å². The van der Waals surface area contributed by atoms with Crippen LogP contribution in [0.5, 0.6) is 0 Å². The highest BCUT2D eigenvalue weighted by Crippen LogP contribution is 2.42. The Morgan fingerprint density at radius 3 is 2.46 bits per heavy atom. The number of unbranched alkanes of at least 4 members (excludes halogenated alkanes) is 1. The van der Waals surface area contributed by atoms with Crippen LogP contribution in [-0.4, -0.2) is 49.7 Å². The van der Waals surface area contributed by atoms with Crippen molar-refractivity contribution in [2.24, 2.45) is 13.0 Å². The van der Waals surface area contributed by atoms with Crippen LogP contribution in [0.15, 0.2) is 48.8 Å². The molecule has 4 aromatic rings. The van der Waals surface area contributed by atoms with Gasteiger partial charge in [-0.1, -0.05) is 20.3 Å². The molecule has 9 nitrogen and oxygen atoms in total. The summed E-state index contributed by atoms with van der Waals surface area (Å²) in [7, 11) is 1.64. The number of carbonyl (C=O) groups is 1. The number of alkyl halides is 6. The van der Waals surface area contributed by atoms with Crippen LogP contribution in [-0.2, 0) is 32.5 Å². The number of carbonyl (C=O) groups excluding carboxylic acids is 1. The first-order valence-electron chi connectivity index (χ1n) is 17.1. The van der Waals surface area contributed by atoms with Crippen molar-refractivity contribution in [3.63, 3.8) is 0 Å². The molecule has 0 saturated carbocycles. The maximum absolute atomic E-state index is 14.7. The van der Waals surface area contributed by atoms with Gasteiger partial charge in [0.05, 0.1) is 23.7 Å². The second-order valence-corrected chi connectivity index (χ2v) is 13.6. The van der Waals surface area contributed by atoms with Crippen molar-refractivity contribution >= 4 is 17.5 Å². The number of pyridine rings is 1. The average Bonchev–Trinajstić information content (AvgIpc) is 3.67. The molecular weight excluding hydrogens is 686 g/mol. The molecule has 4 heterocycles. The fraction of sp³-hybridized carbons (Fsp3) is 0.432. The Kier molecular flexibility index (Phi) is 10.3. The molecule has 0 bridgehead atoms. The summed E-state index contributed by atoms with van der Waals surface area (Å²) in [5.74, 6) is -0.00319. The van der Waals surface area contributed by atoms with E-state index in [1.807, 2.05) is 6.07 Å². The molecule has 1 N–H and O–H groups in total. The summed E-state index contributed by atoms with van der Waals surface area (Å²) in [6.07, 6.45) is -4.46. The standard InChI is InChI=1S/C37H38F6N8O/c1-22(2)31-8-4-7-13-50(31)19-23-14-28-29(30(15-23)37(41,42)43)20-51(35(28)52)33-17-24(16-32(47-33)45-12-6-5-11-44)27-18-25(36(38,39)40)9-10-26(27)34-48-46-21-49(34)3/h9-10,14-18,21-22,31H,4-8,12-13,19-20H2,1-3H3,(H,45,47)/t31-/m1/s1. The number of hydrogen-bond donors (Lipinski definition) is 1. The van der Waals surface area contributed by atoms with Crippen LogP contribution in [0.25, 0.3) is 22.5 Å². The highest BCUT2D eigenvalue weighted by atomic mass is 19.4. The van der Waals surface area contributed by atoms with E-state index in [2.05, 4.69) is 39.2 Å². The molecule has 2 aliphatic heterocycles. The third kappa shape index (κ3) is 7.62. The van der Waals surface area contributed by atoms with Crippen molar-refractivity contribution in [2.75, 3.05) is 23.3 Å². The summed E-state index contributed by atoms with van der Waals surface area (Å²) >= 11 is 0. The maximum Gasteiger partial charge on any atom is 0.416 e. The smallest absolute Gasteiger partial charge is 0.370 e. The lowest BCUT2D eigenvalue weighted by atomic mass is 9.91. The fourth-order valence-electron chi connectivity index (χ4n) is 7.17. The quantitative estimate of drug-likeness (QED) is 0.129. The van der Waals surface area contributed by atoms with Crippen molar-refractivity contribution in [1.82, 2.24) is 24.6 Å². The van der Waals surface area contributed by atoms with Gasteiger partial charge in [-0.15, -0.1) is 10.2 Å². The molecule has 0 aliphatic carbocycles. The highest BCUT2D eigenvalue weighted by molar-refractivity contribution is 6.10. The van der Waals surface area contributed by atoms with Gasteiger partial charge in [-0.3, -0.25) is 14.6 Å². The molecule has 0 spiro atoms. The molecule has 1 fully saturated rings. The second-order valence-electron chi connectivity index (χ2n) is 13.6. The molecule has 52 heavy (non-hydrogen) atoms. The molecule has 2 aromatic heterocycles. The number of aromatic nitrogens is 4. The highest BCUT2D eigenvalue weighted by Gasteiger charge is 2.41. The van der Waals surface area contributed by atoms with Gasteiger partial charge >= 0.3 is 12.4 Å². The van der Waals surface area contributed by atoms with Gasteiger partial charge in [0.15, 0.2) is 5.82 Å². The van der Waals surface area contributed by atoms with Crippen LogP contribution in [0.3, 0.4) is 0 Å². The van der Waals surface area contributed by atoms with Crippen LogP contribution >= 0.6 is 0 Å². The van der Waals surface area contributed by atoms with Gasteiger partial charge in [-0.25, -0.2) is 4.98 Å². The lowest BCUT2D eigenvalue weighted by Gasteiger charge is -2.38. The Hall–Kier alpha value is -4.97. The van der Waals surface area contributed by atoms with Crippen molar-refractivity contribution < 1.29 is 31.1 Å². The van der Waals surface area contributed by atoms with Crippen LogP contribution < -0.4 is 10.2 Å². The van der Waals surface area contributed by atoms with Crippen molar-refractivity contribution in [3.8, 4) is 28.6 Å². The third-order valence-corrected chi connectivity index (χ3v) is 9.70. The Morgan fingerprint density at radius 1 is 1.00 bits per heavy atom. The first-order chi connectivity index (χ1) is 24.7. The first-order valence-corrected chi connectivity index (χ1v) is 17.1. The number of hydrogen-bond acceptors (Lipinski definition) is 7. The Bertz CT molecular complexity index is 2000. The van der Waals surface area contributed by atoms with E-state index in [1.165, 1.54) is 30.6 Å². The topological polar surface area (TPSA) is 103 Å². The molecule has 2 aliphatic rings. The van der Waals surface area contributed by atoms with E-state index in [1.54, 1.807) is 11.6 Å². The minimum absolute atomic E-state index is 0.0478. The van der Waals surface area contributed by atoms with Crippen molar-refractivity contribution in [2.45, 2.75) is 77.4 Å². The molecule has 0 radical (unpaired) electrons. The molecule has 6 rings (SSSR count). The van der Waals surface area contributed by atoms with Crippen LogP contribution in [0.4, 0.5) is 38.0 Å². The maximum atomic E-state index is 14.7. The number of aryl methyl sites for hydroxylation is 1.